The maximum Gasteiger partial charge on any atom is 0.0843 e. The number of hydrogen-bond donors (Lipinski definition) is 0. The molecule has 3 heteroatoms. The summed E-state index contributed by atoms with van der Waals surface area (Å²) >= 11 is 3.29. The van der Waals surface area contributed by atoms with Crippen LogP contribution in [0.4, 0.5) is 0 Å². The van der Waals surface area contributed by atoms with Crippen molar-refractivity contribution in [1.82, 2.24) is 3.93 Å². The summed E-state index contributed by atoms with van der Waals surface area (Å²) in [6.07, 6.45) is 0.472. The Morgan fingerprint density at radius 1 is 1.71 bits per heavy atom. The molecule has 0 N–H and O–H groups in total. The maximum absolute atomic E-state index is 4.98. The molecule has 1 aliphatic heterocycles. The standard InChI is InChI=1S/C4H8BrNO/c1-7-4-2-6(5)3-4/h4H,2-3H2,1H3. The highest BCUT2D eigenvalue weighted by Gasteiger charge is 2.23. The molecular weight excluding hydrogens is 158 g/mol. The van der Waals surface area contributed by atoms with Crippen molar-refractivity contribution in [2.75, 3.05) is 20.2 Å². The molecule has 0 spiro atoms. The van der Waals surface area contributed by atoms with Crippen LogP contribution in [0.5, 0.6) is 0 Å². The Hall–Kier alpha value is 0.400. The van der Waals surface area contributed by atoms with Gasteiger partial charge in [-0.3, -0.25) is 0 Å². The summed E-state index contributed by atoms with van der Waals surface area (Å²) in [4.78, 5) is 0. The number of rotatable bonds is 1. The molecule has 0 saturated carbocycles. The van der Waals surface area contributed by atoms with Crippen molar-refractivity contribution in [3.63, 3.8) is 0 Å². The van der Waals surface area contributed by atoms with E-state index in [2.05, 4.69) is 16.1 Å². The first-order valence-corrected chi connectivity index (χ1v) is 2.97. The fourth-order valence-electron chi connectivity index (χ4n) is 0.538. The van der Waals surface area contributed by atoms with E-state index in [1.54, 1.807) is 7.11 Å². The lowest BCUT2D eigenvalue weighted by atomic mass is 10.2. The molecule has 7 heavy (non-hydrogen) atoms. The van der Waals surface area contributed by atoms with Crippen LogP contribution >= 0.6 is 16.1 Å². The Balaban J connectivity index is 2.06. The van der Waals surface area contributed by atoms with E-state index >= 15 is 0 Å². The van der Waals surface area contributed by atoms with Crippen LogP contribution in [0.2, 0.25) is 0 Å². The Labute approximate surface area is 51.8 Å². The van der Waals surface area contributed by atoms with Crippen molar-refractivity contribution in [2.45, 2.75) is 6.10 Å². The molecule has 0 bridgehead atoms. The molecule has 1 heterocycles. The summed E-state index contributed by atoms with van der Waals surface area (Å²) < 4.78 is 7.03. The summed E-state index contributed by atoms with van der Waals surface area (Å²) in [5, 5.41) is 0. The van der Waals surface area contributed by atoms with Crippen LogP contribution in [0, 0.1) is 0 Å². The monoisotopic (exact) mass is 165 g/mol. The van der Waals surface area contributed by atoms with Crippen molar-refractivity contribution >= 4 is 16.1 Å². The van der Waals surface area contributed by atoms with Crippen LogP contribution in [0.3, 0.4) is 0 Å². The molecule has 42 valence electrons. The number of nitrogens with zero attached hydrogens (tertiary/aromatic N) is 1. The van der Waals surface area contributed by atoms with Crippen LogP contribution in [0.1, 0.15) is 0 Å². The predicted molar refractivity (Wildman–Crippen MR) is 31.3 cm³/mol. The van der Waals surface area contributed by atoms with Crippen LogP contribution in [-0.4, -0.2) is 30.2 Å². The molecule has 1 rings (SSSR count). The van der Waals surface area contributed by atoms with Gasteiger partial charge in [0.1, 0.15) is 0 Å². The summed E-state index contributed by atoms with van der Waals surface area (Å²) in [5.74, 6) is 0. The summed E-state index contributed by atoms with van der Waals surface area (Å²) in [7, 11) is 1.74. The SMILES string of the molecule is COC1CN(Br)C1. The van der Waals surface area contributed by atoms with Crippen molar-refractivity contribution < 1.29 is 4.74 Å². The van der Waals surface area contributed by atoms with E-state index in [1.165, 1.54) is 0 Å². The van der Waals surface area contributed by atoms with Crippen LogP contribution in [-0.2, 0) is 4.74 Å². The topological polar surface area (TPSA) is 12.5 Å². The van der Waals surface area contributed by atoms with Crippen molar-refractivity contribution in [2.24, 2.45) is 0 Å². The molecule has 0 amide bonds. The number of methoxy groups -OCH3 is 1. The third kappa shape index (κ3) is 1.15. The molecule has 1 aliphatic rings. The molecule has 0 unspecified atom stereocenters. The first-order valence-electron chi connectivity index (χ1n) is 2.26. The van der Waals surface area contributed by atoms with E-state index in [0.29, 0.717) is 6.10 Å². The van der Waals surface area contributed by atoms with Gasteiger partial charge in [0.15, 0.2) is 0 Å². The molecular formula is C4H8BrNO. The molecule has 1 saturated heterocycles. The van der Waals surface area contributed by atoms with Crippen LogP contribution in [0.15, 0.2) is 0 Å². The van der Waals surface area contributed by atoms with Gasteiger partial charge in [0.05, 0.1) is 6.10 Å². The average Bonchev–Trinajstić information content (AvgIpc) is 1.58. The van der Waals surface area contributed by atoms with E-state index in [4.69, 9.17) is 4.74 Å². The number of ether oxygens (including phenoxy) is 1. The van der Waals surface area contributed by atoms with Gasteiger partial charge in [0.2, 0.25) is 0 Å². The Morgan fingerprint density at radius 3 is 2.43 bits per heavy atom. The average molecular weight is 166 g/mol. The van der Waals surface area contributed by atoms with Crippen LogP contribution in [0.25, 0.3) is 0 Å². The van der Waals surface area contributed by atoms with E-state index in [0.717, 1.165) is 13.1 Å². The molecule has 0 aromatic carbocycles. The van der Waals surface area contributed by atoms with Crippen LogP contribution < -0.4 is 0 Å². The zero-order valence-corrected chi connectivity index (χ0v) is 5.81. The number of hydrogen-bond acceptors (Lipinski definition) is 2. The van der Waals surface area contributed by atoms with E-state index in [1.807, 2.05) is 3.93 Å². The first kappa shape index (κ1) is 5.54. The van der Waals surface area contributed by atoms with E-state index < -0.39 is 0 Å². The lowest BCUT2D eigenvalue weighted by Gasteiger charge is -2.32. The largest absolute Gasteiger partial charge is 0.379 e. The van der Waals surface area contributed by atoms with Crippen molar-refractivity contribution in [1.29, 1.82) is 0 Å². The van der Waals surface area contributed by atoms with E-state index in [-0.39, 0.29) is 0 Å². The maximum atomic E-state index is 4.98. The third-order valence-electron chi connectivity index (χ3n) is 1.14. The van der Waals surface area contributed by atoms with Gasteiger partial charge >= 0.3 is 0 Å². The summed E-state index contributed by atoms with van der Waals surface area (Å²) in [6, 6.07) is 0. The predicted octanol–water partition coefficient (Wildman–Crippen LogP) is 0.627. The number of halogens is 1. The smallest absolute Gasteiger partial charge is 0.0843 e. The van der Waals surface area contributed by atoms with Gasteiger partial charge in [-0.15, -0.1) is 0 Å². The quantitative estimate of drug-likeness (QED) is 0.529. The third-order valence-corrected chi connectivity index (χ3v) is 1.72. The summed E-state index contributed by atoms with van der Waals surface area (Å²) in [6.45, 7) is 2.05. The minimum atomic E-state index is 0.472. The second kappa shape index (κ2) is 2.11. The summed E-state index contributed by atoms with van der Waals surface area (Å²) in [5.41, 5.74) is 0. The fourth-order valence-corrected chi connectivity index (χ4v) is 1.18. The molecule has 0 atom stereocenters. The molecule has 0 aromatic rings. The Morgan fingerprint density at radius 2 is 2.29 bits per heavy atom. The Bertz CT molecular complexity index is 62.7. The fraction of sp³-hybridized carbons (Fsp3) is 1.00. The molecule has 0 aliphatic carbocycles. The van der Waals surface area contributed by atoms with Gasteiger partial charge in [-0.2, -0.15) is 0 Å². The van der Waals surface area contributed by atoms with E-state index in [9.17, 15) is 0 Å². The highest BCUT2D eigenvalue weighted by molar-refractivity contribution is 9.07. The van der Waals surface area contributed by atoms with Crippen molar-refractivity contribution in [3.8, 4) is 0 Å². The molecule has 2 nitrogen and oxygen atoms in total. The zero-order valence-electron chi connectivity index (χ0n) is 4.22. The Kier molecular flexibility index (Phi) is 1.67. The lowest BCUT2D eigenvalue weighted by molar-refractivity contribution is 0.0209. The second-order valence-electron chi connectivity index (χ2n) is 1.69. The minimum absolute atomic E-state index is 0.472. The van der Waals surface area contributed by atoms with Gasteiger partial charge in [-0.1, -0.05) is 0 Å². The second-order valence-corrected chi connectivity index (χ2v) is 2.69. The van der Waals surface area contributed by atoms with Gasteiger partial charge in [-0.05, 0) is 0 Å². The van der Waals surface area contributed by atoms with Crippen molar-refractivity contribution in [3.05, 3.63) is 0 Å². The van der Waals surface area contributed by atoms with Gasteiger partial charge in [0.25, 0.3) is 0 Å². The van der Waals surface area contributed by atoms with Gasteiger partial charge in [-0.25, -0.2) is 3.93 Å². The minimum Gasteiger partial charge on any atom is -0.379 e. The molecule has 1 fully saturated rings. The highest BCUT2D eigenvalue weighted by Crippen LogP contribution is 2.13. The van der Waals surface area contributed by atoms with Gasteiger partial charge in [0, 0.05) is 36.3 Å². The molecule has 0 radical (unpaired) electrons. The molecule has 0 aromatic heterocycles. The zero-order chi connectivity index (χ0) is 5.28. The first-order chi connectivity index (χ1) is 3.33. The highest BCUT2D eigenvalue weighted by atomic mass is 79.9. The normalized spacial score (nSPS) is 24.9. The van der Waals surface area contributed by atoms with Gasteiger partial charge < -0.3 is 4.74 Å². The lowest BCUT2D eigenvalue weighted by Crippen LogP contribution is -2.45.